The molecule has 15 nitrogen and oxygen atoms in total. The van der Waals surface area contributed by atoms with Crippen molar-refractivity contribution in [2.75, 3.05) is 132 Å². The molecular formula is C28H52O15. The quantitative estimate of drug-likeness (QED) is 0.0585. The zero-order chi connectivity index (χ0) is 31.6. The summed E-state index contributed by atoms with van der Waals surface area (Å²) < 4.78 is 58.8. The van der Waals surface area contributed by atoms with Gasteiger partial charge in [0.05, 0.1) is 138 Å². The lowest BCUT2D eigenvalue weighted by Gasteiger charge is -2.09. The fourth-order valence-corrected chi connectivity index (χ4v) is 2.81. The highest BCUT2D eigenvalue weighted by atomic mass is 16.6. The van der Waals surface area contributed by atoms with Crippen LogP contribution >= 0.6 is 0 Å². The lowest BCUT2D eigenvalue weighted by atomic mass is 10.2. The topological polar surface area (TPSA) is 173 Å². The first-order chi connectivity index (χ1) is 20.9. The Hall–Kier alpha value is -1.79. The summed E-state index contributed by atoms with van der Waals surface area (Å²) in [4.78, 5) is 32.6. The monoisotopic (exact) mass is 628 g/mol. The molecule has 0 saturated heterocycles. The number of carbonyl (C=O) groups excluding carboxylic acids is 2. The number of hydrogen-bond donors (Lipinski definition) is 1. The van der Waals surface area contributed by atoms with E-state index in [2.05, 4.69) is 0 Å². The molecule has 0 fully saturated rings. The lowest BCUT2D eigenvalue weighted by molar-refractivity contribution is -0.151. The predicted octanol–water partition coefficient (Wildman–Crippen LogP) is 0.538. The van der Waals surface area contributed by atoms with Crippen molar-refractivity contribution in [3.05, 3.63) is 0 Å². The third kappa shape index (κ3) is 34.6. The molecule has 0 aliphatic heterocycles. The van der Waals surface area contributed by atoms with Crippen molar-refractivity contribution in [3.8, 4) is 0 Å². The van der Waals surface area contributed by atoms with Crippen molar-refractivity contribution in [2.24, 2.45) is 0 Å². The minimum absolute atomic E-state index is 0.0160. The summed E-state index contributed by atoms with van der Waals surface area (Å²) in [5, 5.41) is 8.43. The van der Waals surface area contributed by atoms with E-state index in [1.54, 1.807) is 0 Å². The summed E-state index contributed by atoms with van der Waals surface area (Å²) in [6.45, 7) is 12.7. The van der Waals surface area contributed by atoms with Crippen molar-refractivity contribution < 1.29 is 71.6 Å². The Morgan fingerprint density at radius 1 is 0.442 bits per heavy atom. The van der Waals surface area contributed by atoms with Crippen LogP contribution in [0.25, 0.3) is 0 Å². The van der Waals surface area contributed by atoms with Crippen molar-refractivity contribution in [3.63, 3.8) is 0 Å². The molecule has 1 N–H and O–H groups in total. The Morgan fingerprint density at radius 2 is 0.721 bits per heavy atom. The second-order valence-corrected chi connectivity index (χ2v) is 8.88. The first-order valence-corrected chi connectivity index (χ1v) is 14.7. The summed E-state index contributed by atoms with van der Waals surface area (Å²) in [6.07, 6.45) is -0.437. The van der Waals surface area contributed by atoms with Crippen LogP contribution in [0.3, 0.4) is 0 Å². The molecule has 0 bridgehead atoms. The first kappa shape index (κ1) is 41.2. The van der Waals surface area contributed by atoms with E-state index < -0.39 is 17.7 Å². The molecule has 0 aliphatic carbocycles. The number of carbonyl (C=O) groups is 3. The van der Waals surface area contributed by atoms with Gasteiger partial charge in [0.15, 0.2) is 0 Å². The molecule has 0 saturated carbocycles. The smallest absolute Gasteiger partial charge is 0.372 e. The third-order valence-corrected chi connectivity index (χ3v) is 4.94. The molecular weight excluding hydrogens is 576 g/mol. The standard InChI is InChI=1S/C28H52O15/c1-25(2)42-23-21-40-19-17-38-15-13-36-11-9-34-7-5-33-6-8-35-10-12-37-14-16-39-18-20-41-22-24-43-27(30)4-3-26(29)28(31)32/h25H,3-24H2,1-2H3,(H,31,32). The molecule has 0 aromatic rings. The van der Waals surface area contributed by atoms with Crippen LogP contribution in [-0.2, 0) is 66.5 Å². The van der Waals surface area contributed by atoms with Gasteiger partial charge in [-0.2, -0.15) is 0 Å². The Morgan fingerprint density at radius 3 is 1.00 bits per heavy atom. The molecule has 0 amide bonds. The molecule has 0 atom stereocenters. The summed E-state index contributed by atoms with van der Waals surface area (Å²) in [5.74, 6) is -3.23. The number of carboxylic acid groups (broad SMARTS) is 1. The van der Waals surface area contributed by atoms with Crippen LogP contribution in [-0.4, -0.2) is 161 Å². The third-order valence-electron chi connectivity index (χ3n) is 4.94. The highest BCUT2D eigenvalue weighted by molar-refractivity contribution is 6.32. The minimum Gasteiger partial charge on any atom is -0.476 e. The maximum absolute atomic E-state index is 11.3. The van der Waals surface area contributed by atoms with Gasteiger partial charge in [0, 0.05) is 6.42 Å². The normalized spacial score (nSPS) is 11.3. The molecule has 0 spiro atoms. The van der Waals surface area contributed by atoms with Gasteiger partial charge < -0.3 is 57.2 Å². The maximum Gasteiger partial charge on any atom is 0.372 e. The zero-order valence-electron chi connectivity index (χ0n) is 25.8. The average Bonchev–Trinajstić information content (AvgIpc) is 2.98. The Balaban J connectivity index is 3.13. The molecule has 43 heavy (non-hydrogen) atoms. The number of ether oxygens (including phenoxy) is 11. The van der Waals surface area contributed by atoms with E-state index in [9.17, 15) is 14.4 Å². The predicted molar refractivity (Wildman–Crippen MR) is 151 cm³/mol. The van der Waals surface area contributed by atoms with Crippen LogP contribution in [0.5, 0.6) is 0 Å². The fourth-order valence-electron chi connectivity index (χ4n) is 2.81. The molecule has 0 radical (unpaired) electrons. The number of aliphatic carboxylic acids is 1. The number of Topliss-reactive ketones (excluding diaryl/α,β-unsaturated/α-hetero) is 1. The molecule has 15 heteroatoms. The fraction of sp³-hybridized carbons (Fsp3) is 0.893. The SMILES string of the molecule is CC(C)OCCOCCOCCOCCOCCOCCOCCOCCOCCOCCOC(=O)CCC(=O)C(=O)O. The number of ketones is 1. The molecule has 0 rings (SSSR count). The van der Waals surface area contributed by atoms with E-state index in [1.807, 2.05) is 13.8 Å². The van der Waals surface area contributed by atoms with Crippen LogP contribution in [0.15, 0.2) is 0 Å². The molecule has 0 aliphatic rings. The van der Waals surface area contributed by atoms with Gasteiger partial charge in [-0.3, -0.25) is 9.59 Å². The Bertz CT molecular complexity index is 648. The number of carboxylic acids is 1. The summed E-state index contributed by atoms with van der Waals surface area (Å²) in [7, 11) is 0. The molecule has 0 unspecified atom stereocenters. The molecule has 0 aromatic heterocycles. The summed E-state index contributed by atoms with van der Waals surface area (Å²) in [5.41, 5.74) is 0. The second-order valence-electron chi connectivity index (χ2n) is 8.88. The van der Waals surface area contributed by atoms with E-state index in [0.29, 0.717) is 119 Å². The summed E-state index contributed by atoms with van der Waals surface area (Å²) in [6, 6.07) is 0. The van der Waals surface area contributed by atoms with E-state index in [1.165, 1.54) is 0 Å². The molecule has 0 heterocycles. The van der Waals surface area contributed by atoms with Gasteiger partial charge in [0.25, 0.3) is 0 Å². The largest absolute Gasteiger partial charge is 0.476 e. The van der Waals surface area contributed by atoms with E-state index >= 15 is 0 Å². The van der Waals surface area contributed by atoms with Gasteiger partial charge >= 0.3 is 11.9 Å². The Kier molecular flexibility index (Phi) is 31.7. The van der Waals surface area contributed by atoms with Crippen LogP contribution in [0.1, 0.15) is 26.7 Å². The summed E-state index contributed by atoms with van der Waals surface area (Å²) >= 11 is 0. The molecule has 0 aromatic carbocycles. The van der Waals surface area contributed by atoms with Crippen molar-refractivity contribution in [1.82, 2.24) is 0 Å². The highest BCUT2D eigenvalue weighted by Gasteiger charge is 2.14. The van der Waals surface area contributed by atoms with Crippen molar-refractivity contribution in [1.29, 1.82) is 0 Å². The van der Waals surface area contributed by atoms with E-state index in [0.717, 1.165) is 0 Å². The Labute approximate surface area is 254 Å². The van der Waals surface area contributed by atoms with Gasteiger partial charge in [0.1, 0.15) is 6.61 Å². The lowest BCUT2D eigenvalue weighted by Crippen LogP contribution is -2.17. The van der Waals surface area contributed by atoms with Gasteiger partial charge in [-0.25, -0.2) is 4.79 Å². The van der Waals surface area contributed by atoms with Gasteiger partial charge in [-0.15, -0.1) is 0 Å². The average molecular weight is 629 g/mol. The number of hydrogen-bond acceptors (Lipinski definition) is 14. The van der Waals surface area contributed by atoms with Crippen molar-refractivity contribution in [2.45, 2.75) is 32.8 Å². The second kappa shape index (κ2) is 33.1. The molecule has 254 valence electrons. The highest BCUT2D eigenvalue weighted by Crippen LogP contribution is 1.95. The van der Waals surface area contributed by atoms with E-state index in [-0.39, 0.29) is 32.2 Å². The van der Waals surface area contributed by atoms with Crippen LogP contribution < -0.4 is 0 Å². The number of rotatable bonds is 35. The van der Waals surface area contributed by atoms with Crippen molar-refractivity contribution >= 4 is 17.7 Å². The van der Waals surface area contributed by atoms with Crippen LogP contribution in [0.4, 0.5) is 0 Å². The van der Waals surface area contributed by atoms with Gasteiger partial charge in [-0.1, -0.05) is 0 Å². The van der Waals surface area contributed by atoms with Crippen LogP contribution in [0, 0.1) is 0 Å². The number of esters is 1. The van der Waals surface area contributed by atoms with E-state index in [4.69, 9.17) is 57.2 Å². The minimum atomic E-state index is -1.56. The first-order valence-electron chi connectivity index (χ1n) is 14.7. The maximum atomic E-state index is 11.3. The van der Waals surface area contributed by atoms with Crippen LogP contribution in [0.2, 0.25) is 0 Å². The zero-order valence-corrected chi connectivity index (χ0v) is 25.8. The van der Waals surface area contributed by atoms with Gasteiger partial charge in [0.2, 0.25) is 5.78 Å². The van der Waals surface area contributed by atoms with Gasteiger partial charge in [-0.05, 0) is 13.8 Å².